The molecule has 2 aromatic rings. The van der Waals surface area contributed by atoms with Crippen LogP contribution in [0.3, 0.4) is 0 Å². The van der Waals surface area contributed by atoms with Crippen LogP contribution in [0.2, 0.25) is 5.02 Å². The maximum Gasteiger partial charge on any atom is 0.454 e. The zero-order chi connectivity index (χ0) is 21.1. The first-order chi connectivity index (χ1) is 12.9. The average molecular weight is 425 g/mol. The van der Waals surface area contributed by atoms with Crippen molar-refractivity contribution in [1.82, 2.24) is 4.98 Å². The number of alkyl halides is 6. The number of nitrogens with one attached hydrogen (secondary N) is 1. The van der Waals surface area contributed by atoms with Crippen LogP contribution in [-0.2, 0) is 11.0 Å². The summed E-state index contributed by atoms with van der Waals surface area (Å²) in [5.74, 6) is -2.20. The zero-order valence-corrected chi connectivity index (χ0v) is 14.7. The summed E-state index contributed by atoms with van der Waals surface area (Å²) in [7, 11) is 0. The van der Waals surface area contributed by atoms with E-state index in [0.29, 0.717) is 18.3 Å². The number of hydrogen-bond acceptors (Lipinski definition) is 4. The Kier molecular flexibility index (Phi) is 6.23. The topological polar surface area (TPSA) is 51.2 Å². The molecule has 2 rings (SSSR count). The van der Waals surface area contributed by atoms with Crippen LogP contribution >= 0.6 is 11.6 Å². The van der Waals surface area contributed by atoms with Crippen molar-refractivity contribution in [3.8, 4) is 11.6 Å². The second kappa shape index (κ2) is 8.09. The van der Waals surface area contributed by atoms with Gasteiger partial charge in [-0.25, -0.2) is 4.98 Å². The molecule has 0 bridgehead atoms. The van der Waals surface area contributed by atoms with Crippen LogP contribution < -0.4 is 10.1 Å². The molecule has 0 aliphatic rings. The predicted octanol–water partition coefficient (Wildman–Crippen LogP) is 5.99. The molecule has 1 aromatic carbocycles. The first-order valence-electron chi connectivity index (χ1n) is 7.43. The first kappa shape index (κ1) is 21.5. The molecule has 1 N–H and O–H groups in total. The molecule has 28 heavy (non-hydrogen) atoms. The molecule has 0 saturated heterocycles. The lowest BCUT2D eigenvalue weighted by molar-refractivity contribution is -0.165. The molecule has 0 spiro atoms. The summed E-state index contributed by atoms with van der Waals surface area (Å²) >= 11 is 5.75. The van der Waals surface area contributed by atoms with E-state index in [1.807, 2.05) is 0 Å². The number of aromatic nitrogens is 1. The highest BCUT2D eigenvalue weighted by Crippen LogP contribution is 2.35. The minimum absolute atomic E-state index is 0.0786. The van der Waals surface area contributed by atoms with Gasteiger partial charge >= 0.3 is 12.4 Å². The quantitative estimate of drug-likeness (QED) is 0.473. The standard InChI is InChI=1S/C17H11ClF6N2O2/c1-9(5-14(27)17(22,23)24)26-11-3-2-4-12(7-11)28-15-13(18)6-10(8-25-15)16(19,20)21/h2-8,26H,1H3. The maximum absolute atomic E-state index is 12.6. The Labute approximate surface area is 159 Å². The molecule has 0 aliphatic heterocycles. The predicted molar refractivity (Wildman–Crippen MR) is 89.2 cm³/mol. The van der Waals surface area contributed by atoms with E-state index in [1.165, 1.54) is 31.2 Å². The van der Waals surface area contributed by atoms with Gasteiger partial charge < -0.3 is 10.1 Å². The Morgan fingerprint density at radius 2 is 1.86 bits per heavy atom. The molecular weight excluding hydrogens is 414 g/mol. The Morgan fingerprint density at radius 1 is 1.18 bits per heavy atom. The van der Waals surface area contributed by atoms with Crippen LogP contribution in [0.1, 0.15) is 12.5 Å². The highest BCUT2D eigenvalue weighted by atomic mass is 35.5. The van der Waals surface area contributed by atoms with Gasteiger partial charge in [-0.05, 0) is 25.1 Å². The van der Waals surface area contributed by atoms with Gasteiger partial charge in [-0.15, -0.1) is 0 Å². The number of benzene rings is 1. The van der Waals surface area contributed by atoms with Crippen molar-refractivity contribution >= 4 is 23.1 Å². The molecule has 0 fully saturated rings. The van der Waals surface area contributed by atoms with Gasteiger partial charge in [-0.1, -0.05) is 17.7 Å². The SMILES string of the molecule is CC(=CC(=O)C(F)(F)F)Nc1cccc(Oc2ncc(C(F)(F)F)cc2Cl)c1. The largest absolute Gasteiger partial charge is 0.454 e. The monoisotopic (exact) mass is 424 g/mol. The van der Waals surface area contributed by atoms with Gasteiger partial charge in [-0.3, -0.25) is 4.79 Å². The van der Waals surface area contributed by atoms with Crippen molar-refractivity contribution in [3.63, 3.8) is 0 Å². The highest BCUT2D eigenvalue weighted by molar-refractivity contribution is 6.31. The van der Waals surface area contributed by atoms with Crippen LogP contribution in [0.5, 0.6) is 11.6 Å². The fourth-order valence-electron chi connectivity index (χ4n) is 1.95. The Balaban J connectivity index is 2.16. The highest BCUT2D eigenvalue weighted by Gasteiger charge is 2.36. The van der Waals surface area contributed by atoms with Gasteiger partial charge in [0.25, 0.3) is 5.78 Å². The minimum Gasteiger partial charge on any atom is -0.437 e. The van der Waals surface area contributed by atoms with E-state index in [4.69, 9.17) is 16.3 Å². The summed E-state index contributed by atoms with van der Waals surface area (Å²) in [4.78, 5) is 14.5. The summed E-state index contributed by atoms with van der Waals surface area (Å²) in [6, 6.07) is 6.37. The smallest absolute Gasteiger partial charge is 0.437 e. The molecular formula is C17H11ClF6N2O2. The number of halogens is 7. The number of ether oxygens (including phenoxy) is 1. The van der Waals surface area contributed by atoms with E-state index in [0.717, 1.165) is 0 Å². The molecule has 0 atom stereocenters. The number of anilines is 1. The fraction of sp³-hybridized carbons (Fsp3) is 0.176. The van der Waals surface area contributed by atoms with Crippen molar-refractivity contribution < 1.29 is 35.9 Å². The van der Waals surface area contributed by atoms with Crippen molar-refractivity contribution in [2.24, 2.45) is 0 Å². The lowest BCUT2D eigenvalue weighted by Crippen LogP contribution is -2.21. The van der Waals surface area contributed by atoms with Gasteiger partial charge in [-0.2, -0.15) is 26.3 Å². The zero-order valence-electron chi connectivity index (χ0n) is 14.0. The van der Waals surface area contributed by atoms with Gasteiger partial charge in [0.05, 0.1) is 5.56 Å². The number of allylic oxidation sites excluding steroid dienone is 2. The van der Waals surface area contributed by atoms with Gasteiger partial charge in [0.1, 0.15) is 10.8 Å². The summed E-state index contributed by atoms with van der Waals surface area (Å²) in [6.07, 6.45) is -8.66. The molecule has 1 heterocycles. The molecule has 11 heteroatoms. The molecule has 150 valence electrons. The van der Waals surface area contributed by atoms with Crippen LogP contribution in [0.25, 0.3) is 0 Å². The second-order valence-electron chi connectivity index (χ2n) is 5.45. The van der Waals surface area contributed by atoms with Crippen LogP contribution in [-0.4, -0.2) is 16.9 Å². The molecule has 4 nitrogen and oxygen atoms in total. The number of pyridine rings is 1. The third kappa shape index (κ3) is 5.88. The number of hydrogen-bond donors (Lipinski definition) is 1. The fourth-order valence-corrected chi connectivity index (χ4v) is 2.15. The van der Waals surface area contributed by atoms with Crippen molar-refractivity contribution in [3.05, 3.63) is 58.9 Å². The van der Waals surface area contributed by atoms with E-state index in [1.54, 1.807) is 0 Å². The Bertz CT molecular complexity index is 909. The Hall–Kier alpha value is -2.75. The Morgan fingerprint density at radius 3 is 2.43 bits per heavy atom. The maximum atomic E-state index is 12.6. The normalized spacial score (nSPS) is 12.6. The molecule has 0 radical (unpaired) electrons. The van der Waals surface area contributed by atoms with Crippen LogP contribution in [0.4, 0.5) is 32.0 Å². The number of carbonyl (C=O) groups excluding carboxylic acids is 1. The van der Waals surface area contributed by atoms with E-state index in [9.17, 15) is 31.1 Å². The third-order valence-electron chi connectivity index (χ3n) is 3.15. The summed E-state index contributed by atoms with van der Waals surface area (Å²) in [6.45, 7) is 1.26. The summed E-state index contributed by atoms with van der Waals surface area (Å²) in [5.41, 5.74) is -0.857. The lowest BCUT2D eigenvalue weighted by Gasteiger charge is -2.12. The van der Waals surface area contributed by atoms with E-state index in [2.05, 4.69) is 10.3 Å². The van der Waals surface area contributed by atoms with Gasteiger partial charge in [0, 0.05) is 29.7 Å². The van der Waals surface area contributed by atoms with E-state index < -0.39 is 23.7 Å². The van der Waals surface area contributed by atoms with Crippen LogP contribution in [0.15, 0.2) is 48.3 Å². The second-order valence-corrected chi connectivity index (χ2v) is 5.86. The number of nitrogens with zero attached hydrogens (tertiary/aromatic N) is 1. The van der Waals surface area contributed by atoms with Crippen molar-refractivity contribution in [2.45, 2.75) is 19.3 Å². The lowest BCUT2D eigenvalue weighted by atomic mass is 10.2. The van der Waals surface area contributed by atoms with Gasteiger partial charge in [0.15, 0.2) is 0 Å². The van der Waals surface area contributed by atoms with Crippen molar-refractivity contribution in [2.75, 3.05) is 5.32 Å². The van der Waals surface area contributed by atoms with E-state index in [-0.39, 0.29) is 28.0 Å². The molecule has 1 aromatic heterocycles. The molecule has 0 amide bonds. The third-order valence-corrected chi connectivity index (χ3v) is 3.42. The first-order valence-corrected chi connectivity index (χ1v) is 7.81. The number of ketones is 1. The summed E-state index contributed by atoms with van der Waals surface area (Å²) in [5, 5.41) is 2.20. The molecule has 0 aliphatic carbocycles. The van der Waals surface area contributed by atoms with Gasteiger partial charge in [0.2, 0.25) is 5.88 Å². The number of carbonyl (C=O) groups is 1. The van der Waals surface area contributed by atoms with Crippen LogP contribution in [0, 0.1) is 0 Å². The molecule has 0 unspecified atom stereocenters. The number of rotatable bonds is 5. The van der Waals surface area contributed by atoms with E-state index >= 15 is 0 Å². The van der Waals surface area contributed by atoms with Crippen molar-refractivity contribution in [1.29, 1.82) is 0 Å². The summed E-state index contributed by atoms with van der Waals surface area (Å²) < 4.78 is 80.0. The minimum atomic E-state index is -4.99. The molecule has 0 saturated carbocycles. The average Bonchev–Trinajstić information content (AvgIpc) is 2.55.